The molecule has 1 unspecified atom stereocenters. The second-order valence-corrected chi connectivity index (χ2v) is 8.78. The van der Waals surface area contributed by atoms with Crippen LogP contribution in [0.4, 0.5) is 0 Å². The van der Waals surface area contributed by atoms with Crippen LogP contribution >= 0.6 is 0 Å². The first-order valence-corrected chi connectivity index (χ1v) is 10.8. The van der Waals surface area contributed by atoms with Gasteiger partial charge in [0, 0.05) is 49.5 Å². The van der Waals surface area contributed by atoms with Crippen molar-refractivity contribution in [2.75, 3.05) is 19.6 Å². The number of likely N-dealkylation sites (tertiary alicyclic amines) is 2. The van der Waals surface area contributed by atoms with Crippen LogP contribution in [0.1, 0.15) is 67.1 Å². The van der Waals surface area contributed by atoms with Gasteiger partial charge in [-0.2, -0.15) is 0 Å². The molecule has 2 aromatic heterocycles. The van der Waals surface area contributed by atoms with Gasteiger partial charge in [0.1, 0.15) is 0 Å². The van der Waals surface area contributed by atoms with Crippen LogP contribution in [0.2, 0.25) is 0 Å². The smallest absolute Gasteiger partial charge is 0.289 e. The molecule has 1 amide bonds. The Balaban J connectivity index is 1.29. The third kappa shape index (κ3) is 3.06. The molecular formula is C23H29N3O2. The second kappa shape index (κ2) is 7.36. The van der Waals surface area contributed by atoms with E-state index in [1.807, 2.05) is 17.3 Å². The number of carbonyl (C=O) groups excluding carboxylic acids is 1. The molecule has 1 atom stereocenters. The second-order valence-electron chi connectivity index (χ2n) is 8.78. The molecule has 2 aromatic rings. The Morgan fingerprint density at radius 2 is 1.82 bits per heavy atom. The molecule has 0 radical (unpaired) electrons. The summed E-state index contributed by atoms with van der Waals surface area (Å²) in [6, 6.07) is 9.05. The van der Waals surface area contributed by atoms with Crippen molar-refractivity contribution in [2.24, 2.45) is 5.41 Å². The summed E-state index contributed by atoms with van der Waals surface area (Å²) in [5.41, 5.74) is 1.89. The number of pyridine rings is 1. The standard InChI is InChI=1S/C23H29N3O2/c27-22(20-5-4-16-28-20)25-14-8-19(9-15-25)26-17-23(10-2-1-3-11-23)21(26)18-6-12-24-13-7-18/h4-7,12-13,16,19,21H,1-3,8-11,14-15,17H2. The number of hydrogen-bond donors (Lipinski definition) is 0. The highest BCUT2D eigenvalue weighted by Crippen LogP contribution is 2.58. The van der Waals surface area contributed by atoms with Crippen molar-refractivity contribution in [3.63, 3.8) is 0 Å². The lowest BCUT2D eigenvalue weighted by Gasteiger charge is -2.63. The zero-order valence-corrected chi connectivity index (χ0v) is 16.4. The maximum Gasteiger partial charge on any atom is 0.289 e. The molecule has 28 heavy (non-hydrogen) atoms. The first-order valence-electron chi connectivity index (χ1n) is 10.8. The summed E-state index contributed by atoms with van der Waals surface area (Å²) in [6.45, 7) is 2.85. The van der Waals surface area contributed by atoms with Crippen LogP contribution in [-0.4, -0.2) is 46.4 Å². The van der Waals surface area contributed by atoms with E-state index in [0.29, 0.717) is 23.3 Å². The highest BCUT2D eigenvalue weighted by Gasteiger charge is 2.55. The molecule has 5 nitrogen and oxygen atoms in total. The van der Waals surface area contributed by atoms with E-state index in [2.05, 4.69) is 22.0 Å². The Kier molecular flexibility index (Phi) is 4.71. The Morgan fingerprint density at radius 1 is 1.07 bits per heavy atom. The van der Waals surface area contributed by atoms with Crippen molar-refractivity contribution in [3.8, 4) is 0 Å². The van der Waals surface area contributed by atoms with Gasteiger partial charge in [-0.05, 0) is 55.5 Å². The molecule has 1 saturated carbocycles. The van der Waals surface area contributed by atoms with Gasteiger partial charge in [-0.3, -0.25) is 14.7 Å². The van der Waals surface area contributed by atoms with E-state index < -0.39 is 0 Å². The summed E-state index contributed by atoms with van der Waals surface area (Å²) in [5, 5.41) is 0. The fraction of sp³-hybridized carbons (Fsp3) is 0.565. The molecule has 4 heterocycles. The highest BCUT2D eigenvalue weighted by molar-refractivity contribution is 5.91. The van der Waals surface area contributed by atoms with Gasteiger partial charge in [0.25, 0.3) is 5.91 Å². The van der Waals surface area contributed by atoms with Crippen molar-refractivity contribution >= 4 is 5.91 Å². The zero-order chi connectivity index (χ0) is 19.0. The van der Waals surface area contributed by atoms with Gasteiger partial charge in [0.15, 0.2) is 5.76 Å². The number of carbonyl (C=O) groups is 1. The number of amides is 1. The maximum absolute atomic E-state index is 12.6. The monoisotopic (exact) mass is 379 g/mol. The number of hydrogen-bond acceptors (Lipinski definition) is 4. The van der Waals surface area contributed by atoms with Gasteiger partial charge in [-0.25, -0.2) is 0 Å². The summed E-state index contributed by atoms with van der Waals surface area (Å²) >= 11 is 0. The molecule has 0 aromatic carbocycles. The van der Waals surface area contributed by atoms with Gasteiger partial charge >= 0.3 is 0 Å². The summed E-state index contributed by atoms with van der Waals surface area (Å²) in [5.74, 6) is 0.486. The van der Waals surface area contributed by atoms with Crippen LogP contribution in [0, 0.1) is 5.41 Å². The minimum Gasteiger partial charge on any atom is -0.459 e. The predicted octanol–water partition coefficient (Wildman–Crippen LogP) is 4.29. The summed E-state index contributed by atoms with van der Waals surface area (Å²) in [6.07, 6.45) is 14.4. The average Bonchev–Trinajstić information content (AvgIpc) is 3.28. The van der Waals surface area contributed by atoms with E-state index in [1.165, 1.54) is 44.2 Å². The molecule has 1 spiro atoms. The van der Waals surface area contributed by atoms with Crippen molar-refractivity contribution in [2.45, 2.75) is 57.0 Å². The topological polar surface area (TPSA) is 49.6 Å². The molecule has 5 rings (SSSR count). The van der Waals surface area contributed by atoms with E-state index >= 15 is 0 Å². The predicted molar refractivity (Wildman–Crippen MR) is 107 cm³/mol. The fourth-order valence-corrected chi connectivity index (χ4v) is 5.86. The molecule has 2 saturated heterocycles. The summed E-state index contributed by atoms with van der Waals surface area (Å²) in [7, 11) is 0. The van der Waals surface area contributed by atoms with Crippen LogP contribution in [0.5, 0.6) is 0 Å². The maximum atomic E-state index is 12.6. The van der Waals surface area contributed by atoms with Crippen LogP contribution in [0.15, 0.2) is 47.3 Å². The van der Waals surface area contributed by atoms with Gasteiger partial charge < -0.3 is 9.32 Å². The van der Waals surface area contributed by atoms with Crippen LogP contribution in [-0.2, 0) is 0 Å². The molecule has 1 aliphatic carbocycles. The third-order valence-electron chi connectivity index (χ3n) is 7.23. The average molecular weight is 380 g/mol. The normalized spacial score (nSPS) is 25.6. The SMILES string of the molecule is O=C(c1ccco1)N1CCC(N2CC3(CCCCC3)C2c2ccncc2)CC1. The number of nitrogens with zero attached hydrogens (tertiary/aromatic N) is 3. The number of aromatic nitrogens is 1. The highest BCUT2D eigenvalue weighted by atomic mass is 16.3. The number of furan rings is 1. The lowest BCUT2D eigenvalue weighted by Crippen LogP contribution is -2.63. The van der Waals surface area contributed by atoms with E-state index in [-0.39, 0.29) is 5.91 Å². The Morgan fingerprint density at radius 3 is 2.50 bits per heavy atom. The Labute approximate surface area is 166 Å². The van der Waals surface area contributed by atoms with Crippen LogP contribution < -0.4 is 0 Å². The minimum atomic E-state index is 0.0292. The molecule has 5 heteroatoms. The molecule has 3 fully saturated rings. The van der Waals surface area contributed by atoms with E-state index in [9.17, 15) is 4.79 Å². The van der Waals surface area contributed by atoms with Gasteiger partial charge in [-0.15, -0.1) is 0 Å². The van der Waals surface area contributed by atoms with E-state index in [1.54, 1.807) is 18.4 Å². The van der Waals surface area contributed by atoms with Crippen molar-refractivity contribution < 1.29 is 9.21 Å². The van der Waals surface area contributed by atoms with Gasteiger partial charge in [0.2, 0.25) is 0 Å². The minimum absolute atomic E-state index is 0.0292. The first kappa shape index (κ1) is 17.9. The Hall–Kier alpha value is -2.14. The first-order chi connectivity index (χ1) is 13.8. The molecule has 148 valence electrons. The van der Waals surface area contributed by atoms with Crippen molar-refractivity contribution in [1.29, 1.82) is 0 Å². The third-order valence-corrected chi connectivity index (χ3v) is 7.23. The number of piperidine rings is 1. The van der Waals surface area contributed by atoms with E-state index in [0.717, 1.165) is 25.9 Å². The fourth-order valence-electron chi connectivity index (χ4n) is 5.86. The van der Waals surface area contributed by atoms with Crippen molar-refractivity contribution in [3.05, 3.63) is 54.2 Å². The quantitative estimate of drug-likeness (QED) is 0.798. The molecular weight excluding hydrogens is 350 g/mol. The summed E-state index contributed by atoms with van der Waals surface area (Å²) < 4.78 is 5.30. The van der Waals surface area contributed by atoms with Crippen LogP contribution in [0.25, 0.3) is 0 Å². The lowest BCUT2D eigenvalue weighted by molar-refractivity contribution is -0.132. The molecule has 2 aliphatic heterocycles. The molecule has 0 N–H and O–H groups in total. The number of rotatable bonds is 3. The Bertz CT molecular complexity index is 791. The van der Waals surface area contributed by atoms with E-state index in [4.69, 9.17) is 4.42 Å². The lowest BCUT2D eigenvalue weighted by atomic mass is 9.60. The van der Waals surface area contributed by atoms with Crippen molar-refractivity contribution in [1.82, 2.24) is 14.8 Å². The van der Waals surface area contributed by atoms with Gasteiger partial charge in [-0.1, -0.05) is 19.3 Å². The molecule has 3 aliphatic rings. The van der Waals surface area contributed by atoms with Crippen LogP contribution in [0.3, 0.4) is 0 Å². The summed E-state index contributed by atoms with van der Waals surface area (Å²) in [4.78, 5) is 21.5. The largest absolute Gasteiger partial charge is 0.459 e. The van der Waals surface area contributed by atoms with Gasteiger partial charge in [0.05, 0.1) is 6.26 Å². The molecule has 0 bridgehead atoms. The zero-order valence-electron chi connectivity index (χ0n) is 16.4.